The van der Waals surface area contributed by atoms with Crippen LogP contribution in [0.25, 0.3) is 0 Å². The topological polar surface area (TPSA) is 66.0 Å². The Morgan fingerprint density at radius 3 is 2.75 bits per heavy atom. The van der Waals surface area contributed by atoms with Gasteiger partial charge in [-0.25, -0.2) is 4.98 Å². The Morgan fingerprint density at radius 2 is 2.31 bits per heavy atom. The van der Waals surface area contributed by atoms with Crippen LogP contribution in [0.4, 0.5) is 5.13 Å². The van der Waals surface area contributed by atoms with Crippen LogP contribution in [-0.2, 0) is 6.42 Å². The summed E-state index contributed by atoms with van der Waals surface area (Å²) in [4.78, 5) is 6.72. The molecule has 0 amide bonds. The lowest BCUT2D eigenvalue weighted by Crippen LogP contribution is -2.34. The molecule has 1 aromatic heterocycles. The Balaban J connectivity index is 2.70. The second-order valence-electron chi connectivity index (χ2n) is 3.87. The van der Waals surface area contributed by atoms with Gasteiger partial charge in [-0.15, -0.1) is 11.3 Å². The van der Waals surface area contributed by atoms with Crippen molar-refractivity contribution in [1.29, 1.82) is 5.41 Å². The predicted molar refractivity (Wildman–Crippen MR) is 70.5 cm³/mol. The quantitative estimate of drug-likeness (QED) is 0.591. The third kappa shape index (κ3) is 3.20. The first-order valence-corrected chi connectivity index (χ1v) is 6.49. The molecule has 0 aromatic carbocycles. The van der Waals surface area contributed by atoms with E-state index in [0.29, 0.717) is 0 Å². The van der Waals surface area contributed by atoms with Crippen molar-refractivity contribution in [1.82, 2.24) is 4.98 Å². The molecule has 3 N–H and O–H groups in total. The first kappa shape index (κ1) is 13.0. The number of anilines is 1. The van der Waals surface area contributed by atoms with Gasteiger partial charge in [0.2, 0.25) is 0 Å². The molecule has 16 heavy (non-hydrogen) atoms. The summed E-state index contributed by atoms with van der Waals surface area (Å²) < 4.78 is 0. The molecule has 0 aliphatic carbocycles. The summed E-state index contributed by atoms with van der Waals surface area (Å²) in [6, 6.07) is 0. The molecule has 0 saturated carbocycles. The molecular formula is C11H20N4S. The SMILES string of the molecule is CCc1csc(N(CC)CC(C)C(=N)N)n1. The standard InChI is InChI=1S/C11H20N4S/c1-4-9-7-16-11(14-9)15(5-2)6-8(3)10(12)13/h7-8H,4-6H2,1-3H3,(H3,12,13). The fourth-order valence-corrected chi connectivity index (χ4v) is 2.36. The zero-order chi connectivity index (χ0) is 12.1. The summed E-state index contributed by atoms with van der Waals surface area (Å²) in [5.41, 5.74) is 6.62. The largest absolute Gasteiger partial charge is 0.387 e. The van der Waals surface area contributed by atoms with Gasteiger partial charge in [-0.05, 0) is 13.3 Å². The minimum atomic E-state index is 0.0777. The first-order chi connectivity index (χ1) is 7.58. The summed E-state index contributed by atoms with van der Waals surface area (Å²) in [6.45, 7) is 7.84. The van der Waals surface area contributed by atoms with Gasteiger partial charge in [0.15, 0.2) is 5.13 Å². The molecule has 0 radical (unpaired) electrons. The molecule has 0 bridgehead atoms. The normalized spacial score (nSPS) is 12.4. The number of hydrogen-bond acceptors (Lipinski definition) is 4. The highest BCUT2D eigenvalue weighted by Gasteiger charge is 2.14. The molecule has 0 aliphatic heterocycles. The summed E-state index contributed by atoms with van der Waals surface area (Å²) in [7, 11) is 0. The maximum atomic E-state index is 7.41. The van der Waals surface area contributed by atoms with Crippen LogP contribution in [0.2, 0.25) is 0 Å². The number of aryl methyl sites for hydroxylation is 1. The third-order valence-corrected chi connectivity index (χ3v) is 3.53. The fourth-order valence-electron chi connectivity index (χ4n) is 1.38. The Morgan fingerprint density at radius 1 is 1.62 bits per heavy atom. The minimum Gasteiger partial charge on any atom is -0.387 e. The van der Waals surface area contributed by atoms with E-state index in [0.717, 1.165) is 30.3 Å². The van der Waals surface area contributed by atoms with Crippen molar-refractivity contribution in [2.24, 2.45) is 11.7 Å². The maximum absolute atomic E-state index is 7.41. The lowest BCUT2D eigenvalue weighted by atomic mass is 10.1. The number of hydrogen-bond donors (Lipinski definition) is 2. The molecular weight excluding hydrogens is 220 g/mol. The number of rotatable bonds is 6. The van der Waals surface area contributed by atoms with E-state index >= 15 is 0 Å². The van der Waals surface area contributed by atoms with E-state index in [2.05, 4.69) is 29.1 Å². The average molecular weight is 240 g/mol. The van der Waals surface area contributed by atoms with Gasteiger partial charge < -0.3 is 10.6 Å². The molecule has 1 heterocycles. The maximum Gasteiger partial charge on any atom is 0.185 e. The molecule has 5 heteroatoms. The van der Waals surface area contributed by atoms with Crippen LogP contribution in [0.15, 0.2) is 5.38 Å². The summed E-state index contributed by atoms with van der Waals surface area (Å²) in [5, 5.41) is 10.5. The number of nitrogens with one attached hydrogen (secondary N) is 1. The summed E-state index contributed by atoms with van der Waals surface area (Å²) >= 11 is 1.66. The number of nitrogens with two attached hydrogens (primary N) is 1. The zero-order valence-corrected chi connectivity index (χ0v) is 11.0. The van der Waals surface area contributed by atoms with Crippen molar-refractivity contribution in [3.8, 4) is 0 Å². The Labute approximate surface area is 101 Å². The van der Waals surface area contributed by atoms with E-state index in [1.165, 1.54) is 0 Å². The highest BCUT2D eigenvalue weighted by molar-refractivity contribution is 7.13. The Hall–Kier alpha value is -1.10. The predicted octanol–water partition coefficient (Wildman–Crippen LogP) is 2.10. The fraction of sp³-hybridized carbons (Fsp3) is 0.636. The highest BCUT2D eigenvalue weighted by atomic mass is 32.1. The molecule has 90 valence electrons. The van der Waals surface area contributed by atoms with Gasteiger partial charge in [-0.3, -0.25) is 5.41 Å². The Kier molecular flexibility index (Phi) is 4.73. The van der Waals surface area contributed by atoms with E-state index in [9.17, 15) is 0 Å². The monoisotopic (exact) mass is 240 g/mol. The van der Waals surface area contributed by atoms with Crippen LogP contribution in [0.5, 0.6) is 0 Å². The number of thiazole rings is 1. The van der Waals surface area contributed by atoms with E-state index in [1.807, 2.05) is 6.92 Å². The molecule has 1 unspecified atom stereocenters. The Bertz CT molecular complexity index is 348. The lowest BCUT2D eigenvalue weighted by Gasteiger charge is -2.23. The second-order valence-corrected chi connectivity index (χ2v) is 4.71. The molecule has 1 rings (SSSR count). The van der Waals surface area contributed by atoms with Crippen molar-refractivity contribution in [2.45, 2.75) is 27.2 Å². The third-order valence-electron chi connectivity index (χ3n) is 2.58. The molecule has 0 spiro atoms. The smallest absolute Gasteiger partial charge is 0.185 e. The van der Waals surface area contributed by atoms with E-state index in [-0.39, 0.29) is 11.8 Å². The van der Waals surface area contributed by atoms with Crippen LogP contribution in [0.3, 0.4) is 0 Å². The summed E-state index contributed by atoms with van der Waals surface area (Å²) in [5.74, 6) is 0.319. The van der Waals surface area contributed by atoms with Crippen molar-refractivity contribution in [3.05, 3.63) is 11.1 Å². The minimum absolute atomic E-state index is 0.0777. The number of aromatic nitrogens is 1. The van der Waals surface area contributed by atoms with E-state index in [4.69, 9.17) is 11.1 Å². The second kappa shape index (κ2) is 5.84. The van der Waals surface area contributed by atoms with Crippen molar-refractivity contribution < 1.29 is 0 Å². The number of amidine groups is 1. The van der Waals surface area contributed by atoms with Crippen LogP contribution in [0, 0.1) is 11.3 Å². The van der Waals surface area contributed by atoms with Gasteiger partial charge in [0.1, 0.15) is 0 Å². The average Bonchev–Trinajstić information content (AvgIpc) is 2.73. The van der Waals surface area contributed by atoms with E-state index < -0.39 is 0 Å². The van der Waals surface area contributed by atoms with Crippen molar-refractivity contribution in [3.63, 3.8) is 0 Å². The van der Waals surface area contributed by atoms with Gasteiger partial charge >= 0.3 is 0 Å². The van der Waals surface area contributed by atoms with Crippen LogP contribution >= 0.6 is 11.3 Å². The molecule has 0 saturated heterocycles. The molecule has 0 fully saturated rings. The van der Waals surface area contributed by atoms with E-state index in [1.54, 1.807) is 11.3 Å². The molecule has 4 nitrogen and oxygen atoms in total. The van der Waals surface area contributed by atoms with Gasteiger partial charge in [0.25, 0.3) is 0 Å². The highest BCUT2D eigenvalue weighted by Crippen LogP contribution is 2.21. The van der Waals surface area contributed by atoms with Crippen molar-refractivity contribution in [2.75, 3.05) is 18.0 Å². The molecule has 1 atom stereocenters. The molecule has 1 aromatic rings. The van der Waals surface area contributed by atoms with Crippen molar-refractivity contribution >= 4 is 22.3 Å². The van der Waals surface area contributed by atoms with Crippen LogP contribution in [0.1, 0.15) is 26.5 Å². The molecule has 0 aliphatic rings. The summed E-state index contributed by atoms with van der Waals surface area (Å²) in [6.07, 6.45) is 0.969. The lowest BCUT2D eigenvalue weighted by molar-refractivity contribution is 0.694. The van der Waals surface area contributed by atoms with Crippen LogP contribution < -0.4 is 10.6 Å². The van der Waals surface area contributed by atoms with Gasteiger partial charge in [-0.1, -0.05) is 13.8 Å². The van der Waals surface area contributed by atoms with Gasteiger partial charge in [-0.2, -0.15) is 0 Å². The van der Waals surface area contributed by atoms with Gasteiger partial charge in [0, 0.05) is 24.4 Å². The zero-order valence-electron chi connectivity index (χ0n) is 10.2. The van der Waals surface area contributed by atoms with Crippen LogP contribution in [-0.4, -0.2) is 23.9 Å². The van der Waals surface area contributed by atoms with Gasteiger partial charge in [0.05, 0.1) is 11.5 Å². The first-order valence-electron chi connectivity index (χ1n) is 5.61. The number of nitrogens with zero attached hydrogens (tertiary/aromatic N) is 2.